The first-order valence-electron chi connectivity index (χ1n) is 8.71. The molecule has 0 bridgehead atoms. The number of carbonyl (C=O) groups is 2. The summed E-state index contributed by atoms with van der Waals surface area (Å²) in [5, 5.41) is 0. The lowest BCUT2D eigenvalue weighted by Gasteiger charge is -2.34. The molecule has 0 saturated heterocycles. The molecule has 2 aromatic rings. The van der Waals surface area contributed by atoms with E-state index in [2.05, 4.69) is 12.1 Å². The van der Waals surface area contributed by atoms with E-state index in [1.807, 2.05) is 37.3 Å². The number of aryl methyl sites for hydroxylation is 1. The lowest BCUT2D eigenvalue weighted by atomic mass is 9.86. The number of hydrogen-bond donors (Lipinski definition) is 0. The third kappa shape index (κ3) is 3.25. The minimum Gasteiger partial charge on any atom is -0.274 e. The van der Waals surface area contributed by atoms with Gasteiger partial charge in [-0.05, 0) is 48.9 Å². The third-order valence-corrected chi connectivity index (χ3v) is 4.62. The Balaban J connectivity index is 2.00. The molecule has 0 aliphatic heterocycles. The average molecular weight is 321 g/mol. The Kier molecular flexibility index (Phi) is 5.09. The largest absolute Gasteiger partial charge is 0.274 e. The van der Waals surface area contributed by atoms with Crippen molar-refractivity contribution in [2.24, 2.45) is 0 Å². The van der Waals surface area contributed by atoms with Crippen molar-refractivity contribution in [2.45, 2.75) is 45.1 Å². The molecule has 1 aliphatic rings. The van der Waals surface area contributed by atoms with Gasteiger partial charge in [-0.25, -0.2) is 0 Å². The number of imide groups is 1. The van der Waals surface area contributed by atoms with Crippen LogP contribution in [0.1, 0.15) is 60.1 Å². The fourth-order valence-electron chi connectivity index (χ4n) is 3.48. The van der Waals surface area contributed by atoms with Crippen LogP contribution in [0.15, 0.2) is 54.6 Å². The van der Waals surface area contributed by atoms with E-state index in [4.69, 9.17) is 0 Å². The molecular formula is C21H23NO2. The normalized spacial score (nSPS) is 16.3. The Morgan fingerprint density at radius 1 is 1.04 bits per heavy atom. The van der Waals surface area contributed by atoms with E-state index in [0.29, 0.717) is 12.0 Å². The van der Waals surface area contributed by atoms with Crippen molar-refractivity contribution < 1.29 is 9.59 Å². The van der Waals surface area contributed by atoms with Gasteiger partial charge in [0.25, 0.3) is 5.91 Å². The van der Waals surface area contributed by atoms with Gasteiger partial charge in [0.15, 0.2) is 0 Å². The van der Waals surface area contributed by atoms with Crippen molar-refractivity contribution in [3.63, 3.8) is 0 Å². The molecule has 1 atom stereocenters. The van der Waals surface area contributed by atoms with Crippen LogP contribution in [0.4, 0.5) is 0 Å². The first-order valence-corrected chi connectivity index (χ1v) is 8.71. The smallest absolute Gasteiger partial charge is 0.261 e. The van der Waals surface area contributed by atoms with Crippen molar-refractivity contribution in [3.05, 3.63) is 71.3 Å². The van der Waals surface area contributed by atoms with Gasteiger partial charge in [-0.15, -0.1) is 0 Å². The van der Waals surface area contributed by atoms with Gasteiger partial charge in [0.05, 0.1) is 6.04 Å². The van der Waals surface area contributed by atoms with E-state index in [9.17, 15) is 9.59 Å². The molecule has 2 aromatic carbocycles. The number of rotatable bonds is 4. The molecule has 24 heavy (non-hydrogen) atoms. The van der Waals surface area contributed by atoms with Gasteiger partial charge in [-0.3, -0.25) is 14.5 Å². The summed E-state index contributed by atoms with van der Waals surface area (Å²) in [4.78, 5) is 27.4. The highest BCUT2D eigenvalue weighted by atomic mass is 16.2. The lowest BCUT2D eigenvalue weighted by Crippen LogP contribution is -2.41. The van der Waals surface area contributed by atoms with Crippen molar-refractivity contribution in [2.75, 3.05) is 0 Å². The molecule has 3 rings (SSSR count). The van der Waals surface area contributed by atoms with E-state index >= 15 is 0 Å². The molecule has 0 saturated carbocycles. The summed E-state index contributed by atoms with van der Waals surface area (Å²) in [5.41, 5.74) is 2.95. The monoisotopic (exact) mass is 321 g/mol. The number of amides is 2. The van der Waals surface area contributed by atoms with Crippen LogP contribution in [0.2, 0.25) is 0 Å². The zero-order chi connectivity index (χ0) is 16.9. The first-order chi connectivity index (χ1) is 11.7. The molecule has 1 aliphatic carbocycles. The van der Waals surface area contributed by atoms with Crippen LogP contribution < -0.4 is 0 Å². The highest BCUT2D eigenvalue weighted by Crippen LogP contribution is 2.35. The van der Waals surface area contributed by atoms with Crippen LogP contribution in [0.5, 0.6) is 0 Å². The van der Waals surface area contributed by atoms with Crippen LogP contribution in [-0.4, -0.2) is 16.7 Å². The maximum Gasteiger partial charge on any atom is 0.261 e. The van der Waals surface area contributed by atoms with Gasteiger partial charge in [0.1, 0.15) is 0 Å². The SMILES string of the molecule is CCCC(=O)N(C(=O)c1ccccc1)[C@H]1CCCc2ccccc21. The predicted molar refractivity (Wildman–Crippen MR) is 94.6 cm³/mol. The number of fused-ring (bicyclic) bond motifs is 1. The Hall–Kier alpha value is -2.42. The van der Waals surface area contributed by atoms with E-state index in [1.54, 1.807) is 12.1 Å². The number of carbonyl (C=O) groups excluding carboxylic acids is 2. The van der Waals surface area contributed by atoms with Crippen LogP contribution in [0.25, 0.3) is 0 Å². The number of benzene rings is 2. The van der Waals surface area contributed by atoms with Crippen LogP contribution in [0.3, 0.4) is 0 Å². The second kappa shape index (κ2) is 7.43. The summed E-state index contributed by atoms with van der Waals surface area (Å²) in [7, 11) is 0. The molecule has 0 spiro atoms. The Bertz CT molecular complexity index is 724. The molecule has 124 valence electrons. The van der Waals surface area contributed by atoms with Crippen molar-refractivity contribution in [3.8, 4) is 0 Å². The minimum atomic E-state index is -0.184. The standard InChI is InChI=1S/C21H23NO2/c1-2-9-20(23)22(21(24)17-11-4-3-5-12-17)19-15-8-13-16-10-6-7-14-18(16)19/h3-7,10-12,14,19H,2,8-9,13,15H2,1H3/t19-/m0/s1. The molecule has 0 heterocycles. The molecule has 0 N–H and O–H groups in total. The minimum absolute atomic E-state index is 0.0759. The zero-order valence-corrected chi connectivity index (χ0v) is 14.1. The van der Waals surface area contributed by atoms with Gasteiger partial charge < -0.3 is 0 Å². The number of hydrogen-bond acceptors (Lipinski definition) is 2. The summed E-state index contributed by atoms with van der Waals surface area (Å²) >= 11 is 0. The van der Waals surface area contributed by atoms with E-state index in [0.717, 1.165) is 31.2 Å². The fraction of sp³-hybridized carbons (Fsp3) is 0.333. The second-order valence-electron chi connectivity index (χ2n) is 6.29. The maximum absolute atomic E-state index is 13.1. The fourth-order valence-corrected chi connectivity index (χ4v) is 3.48. The molecule has 0 aromatic heterocycles. The molecule has 0 fully saturated rings. The van der Waals surface area contributed by atoms with E-state index < -0.39 is 0 Å². The summed E-state index contributed by atoms with van der Waals surface area (Å²) in [5.74, 6) is -0.260. The molecule has 3 heteroatoms. The topological polar surface area (TPSA) is 37.4 Å². The predicted octanol–water partition coefficient (Wildman–Crippen LogP) is 4.53. The molecular weight excluding hydrogens is 298 g/mol. The van der Waals surface area contributed by atoms with Crippen molar-refractivity contribution >= 4 is 11.8 Å². The van der Waals surface area contributed by atoms with E-state index in [1.165, 1.54) is 10.5 Å². The Morgan fingerprint density at radius 2 is 1.75 bits per heavy atom. The average Bonchev–Trinajstić information content (AvgIpc) is 2.63. The van der Waals surface area contributed by atoms with Crippen LogP contribution >= 0.6 is 0 Å². The molecule has 3 nitrogen and oxygen atoms in total. The van der Waals surface area contributed by atoms with Gasteiger partial charge >= 0.3 is 0 Å². The van der Waals surface area contributed by atoms with Crippen LogP contribution in [-0.2, 0) is 11.2 Å². The Morgan fingerprint density at radius 3 is 2.50 bits per heavy atom. The molecule has 2 amide bonds. The first kappa shape index (κ1) is 16.4. The third-order valence-electron chi connectivity index (χ3n) is 4.62. The Labute approximate surface area is 143 Å². The summed E-state index contributed by atoms with van der Waals surface area (Å²) in [6, 6.07) is 17.2. The summed E-state index contributed by atoms with van der Waals surface area (Å²) in [6.45, 7) is 1.97. The zero-order valence-electron chi connectivity index (χ0n) is 14.1. The quantitative estimate of drug-likeness (QED) is 0.829. The van der Waals surface area contributed by atoms with Crippen LogP contribution in [0, 0.1) is 0 Å². The van der Waals surface area contributed by atoms with Gasteiger partial charge in [-0.1, -0.05) is 49.4 Å². The molecule has 0 unspecified atom stereocenters. The number of nitrogens with zero attached hydrogens (tertiary/aromatic N) is 1. The van der Waals surface area contributed by atoms with Gasteiger partial charge in [-0.2, -0.15) is 0 Å². The van der Waals surface area contributed by atoms with Crippen molar-refractivity contribution in [1.29, 1.82) is 0 Å². The summed E-state index contributed by atoms with van der Waals surface area (Å²) < 4.78 is 0. The lowest BCUT2D eigenvalue weighted by molar-refractivity contribution is -0.130. The van der Waals surface area contributed by atoms with Gasteiger partial charge in [0, 0.05) is 12.0 Å². The summed E-state index contributed by atoms with van der Waals surface area (Å²) in [6.07, 6.45) is 4.00. The van der Waals surface area contributed by atoms with E-state index in [-0.39, 0.29) is 17.9 Å². The highest BCUT2D eigenvalue weighted by Gasteiger charge is 2.33. The highest BCUT2D eigenvalue weighted by molar-refractivity contribution is 6.05. The second-order valence-corrected chi connectivity index (χ2v) is 6.29. The van der Waals surface area contributed by atoms with Crippen molar-refractivity contribution in [1.82, 2.24) is 4.90 Å². The molecule has 0 radical (unpaired) electrons. The van der Waals surface area contributed by atoms with Gasteiger partial charge in [0.2, 0.25) is 5.91 Å². The maximum atomic E-state index is 13.1.